The van der Waals surface area contributed by atoms with Crippen LogP contribution in [0.5, 0.6) is 0 Å². The molecule has 0 bridgehead atoms. The predicted octanol–water partition coefficient (Wildman–Crippen LogP) is 4.31. The lowest BCUT2D eigenvalue weighted by Crippen LogP contribution is -2.09. The van der Waals surface area contributed by atoms with Gasteiger partial charge in [-0.15, -0.1) is 0 Å². The van der Waals surface area contributed by atoms with Crippen LogP contribution in [0, 0.1) is 11.3 Å². The third-order valence-electron chi connectivity index (χ3n) is 4.05. The number of nitriles is 1. The lowest BCUT2D eigenvalue weighted by Gasteiger charge is -2.10. The molecule has 0 saturated carbocycles. The van der Waals surface area contributed by atoms with Crippen molar-refractivity contribution >= 4 is 11.0 Å². The zero-order chi connectivity index (χ0) is 18.3. The van der Waals surface area contributed by atoms with Crippen LogP contribution in [0.2, 0.25) is 0 Å². The summed E-state index contributed by atoms with van der Waals surface area (Å²) in [7, 11) is 0. The number of aromatic amines is 1. The first-order valence-corrected chi connectivity index (χ1v) is 7.56. The van der Waals surface area contributed by atoms with E-state index in [1.807, 2.05) is 12.1 Å². The van der Waals surface area contributed by atoms with Crippen LogP contribution in [0.15, 0.2) is 55.1 Å². The number of aromatic nitrogens is 4. The molecule has 1 N–H and O–H groups in total. The minimum Gasteiger partial charge on any atom is -0.346 e. The Morgan fingerprint density at radius 2 is 2.00 bits per heavy atom. The third-order valence-corrected chi connectivity index (χ3v) is 4.05. The highest BCUT2D eigenvalue weighted by atomic mass is 19.4. The molecule has 0 saturated heterocycles. The van der Waals surface area contributed by atoms with Gasteiger partial charge >= 0.3 is 6.18 Å². The number of hydrogen-bond donors (Lipinski definition) is 1. The lowest BCUT2D eigenvalue weighted by molar-refractivity contribution is -0.137. The number of rotatable bonds is 2. The summed E-state index contributed by atoms with van der Waals surface area (Å²) in [6.45, 7) is 0. The average Bonchev–Trinajstić information content (AvgIpc) is 3.29. The summed E-state index contributed by atoms with van der Waals surface area (Å²) in [6.07, 6.45) is 2.02. The molecule has 0 amide bonds. The number of halogens is 3. The summed E-state index contributed by atoms with van der Waals surface area (Å²) in [5.41, 5.74) is 1.15. The van der Waals surface area contributed by atoms with Crippen LogP contribution >= 0.6 is 0 Å². The Hall–Kier alpha value is -3.60. The molecule has 128 valence electrons. The largest absolute Gasteiger partial charge is 0.417 e. The number of nitrogens with one attached hydrogen (secondary N) is 1. The standard InChI is InChI=1S/C18H10F3N5/c19-18(20,21)16-7-13(2-1-11(16)8-22)26-10-12(9-25-26)14-3-5-23-17-15(14)4-6-24-17/h1-7,9-10H,(H,23,24). The van der Waals surface area contributed by atoms with Crippen molar-refractivity contribution < 1.29 is 13.2 Å². The minimum atomic E-state index is -4.61. The van der Waals surface area contributed by atoms with Gasteiger partial charge in [-0.1, -0.05) is 0 Å². The van der Waals surface area contributed by atoms with Crippen molar-refractivity contribution in [3.8, 4) is 22.9 Å². The second-order valence-electron chi connectivity index (χ2n) is 5.61. The lowest BCUT2D eigenvalue weighted by atomic mass is 10.1. The van der Waals surface area contributed by atoms with Gasteiger partial charge in [-0.3, -0.25) is 0 Å². The third kappa shape index (κ3) is 2.59. The van der Waals surface area contributed by atoms with E-state index in [1.165, 1.54) is 10.7 Å². The second-order valence-corrected chi connectivity index (χ2v) is 5.61. The Balaban J connectivity index is 1.80. The minimum absolute atomic E-state index is 0.224. The maximum Gasteiger partial charge on any atom is 0.417 e. The van der Waals surface area contributed by atoms with Crippen LogP contribution < -0.4 is 0 Å². The van der Waals surface area contributed by atoms with E-state index in [1.54, 1.807) is 30.9 Å². The monoisotopic (exact) mass is 353 g/mol. The molecule has 4 aromatic rings. The summed E-state index contributed by atoms with van der Waals surface area (Å²) in [4.78, 5) is 7.22. The van der Waals surface area contributed by atoms with Gasteiger partial charge in [0.05, 0.1) is 29.1 Å². The fraction of sp³-hybridized carbons (Fsp3) is 0.0556. The molecule has 0 atom stereocenters. The maximum atomic E-state index is 13.1. The zero-order valence-corrected chi connectivity index (χ0v) is 13.1. The molecular formula is C18H10F3N5. The molecule has 4 rings (SSSR count). The van der Waals surface area contributed by atoms with E-state index in [0.29, 0.717) is 5.65 Å². The highest BCUT2D eigenvalue weighted by Gasteiger charge is 2.34. The van der Waals surface area contributed by atoms with Gasteiger partial charge in [-0.2, -0.15) is 23.5 Å². The highest BCUT2D eigenvalue weighted by molar-refractivity contribution is 5.92. The van der Waals surface area contributed by atoms with Gasteiger partial charge in [0.25, 0.3) is 0 Å². The van der Waals surface area contributed by atoms with Gasteiger partial charge < -0.3 is 4.98 Å². The van der Waals surface area contributed by atoms with Gasteiger partial charge in [0.2, 0.25) is 0 Å². The average molecular weight is 353 g/mol. The quantitative estimate of drug-likeness (QED) is 0.584. The molecule has 0 aliphatic carbocycles. The van der Waals surface area contributed by atoms with E-state index in [4.69, 9.17) is 5.26 Å². The summed E-state index contributed by atoms with van der Waals surface area (Å²) in [5.74, 6) is 0. The molecule has 5 nitrogen and oxygen atoms in total. The normalized spacial score (nSPS) is 11.6. The first kappa shape index (κ1) is 15.9. The Morgan fingerprint density at radius 1 is 1.15 bits per heavy atom. The van der Waals surface area contributed by atoms with Crippen LogP contribution in [0.25, 0.3) is 27.8 Å². The van der Waals surface area contributed by atoms with E-state index in [0.717, 1.165) is 28.6 Å². The molecule has 8 heteroatoms. The fourth-order valence-electron chi connectivity index (χ4n) is 2.82. The van der Waals surface area contributed by atoms with Crippen molar-refractivity contribution in [1.82, 2.24) is 19.7 Å². The molecule has 0 radical (unpaired) electrons. The van der Waals surface area contributed by atoms with Crippen LogP contribution in [0.4, 0.5) is 13.2 Å². The molecule has 3 heterocycles. The van der Waals surface area contributed by atoms with Gasteiger partial charge in [-0.05, 0) is 35.9 Å². The summed E-state index contributed by atoms with van der Waals surface area (Å²) in [5, 5.41) is 14.0. The smallest absolute Gasteiger partial charge is 0.346 e. The van der Waals surface area contributed by atoms with Crippen molar-refractivity contribution in [1.29, 1.82) is 5.26 Å². The van der Waals surface area contributed by atoms with E-state index < -0.39 is 17.3 Å². The van der Waals surface area contributed by atoms with Crippen molar-refractivity contribution in [2.24, 2.45) is 0 Å². The Kier molecular flexibility index (Phi) is 3.51. The van der Waals surface area contributed by atoms with Gasteiger partial charge in [0.15, 0.2) is 0 Å². The molecule has 1 aromatic carbocycles. The molecule has 0 aliphatic heterocycles. The highest BCUT2D eigenvalue weighted by Crippen LogP contribution is 2.33. The van der Waals surface area contributed by atoms with E-state index in [2.05, 4.69) is 15.1 Å². The summed E-state index contributed by atoms with van der Waals surface area (Å²) in [6, 6.07) is 8.77. The Labute approximate surface area is 145 Å². The number of pyridine rings is 1. The second kappa shape index (κ2) is 5.74. The predicted molar refractivity (Wildman–Crippen MR) is 88.4 cm³/mol. The van der Waals surface area contributed by atoms with Crippen LogP contribution in [-0.4, -0.2) is 19.7 Å². The van der Waals surface area contributed by atoms with Crippen molar-refractivity contribution in [3.63, 3.8) is 0 Å². The topological polar surface area (TPSA) is 70.3 Å². The van der Waals surface area contributed by atoms with Crippen LogP contribution in [-0.2, 0) is 6.18 Å². The van der Waals surface area contributed by atoms with Gasteiger partial charge in [0.1, 0.15) is 5.65 Å². The van der Waals surface area contributed by atoms with Crippen molar-refractivity contribution in [2.45, 2.75) is 6.18 Å². The maximum absolute atomic E-state index is 13.1. The van der Waals surface area contributed by atoms with Gasteiger partial charge in [-0.25, -0.2) is 9.67 Å². The fourth-order valence-corrected chi connectivity index (χ4v) is 2.82. The molecule has 26 heavy (non-hydrogen) atoms. The molecule has 3 aromatic heterocycles. The Morgan fingerprint density at radius 3 is 2.77 bits per heavy atom. The van der Waals surface area contributed by atoms with Crippen molar-refractivity contribution in [2.75, 3.05) is 0 Å². The number of fused-ring (bicyclic) bond motifs is 1. The zero-order valence-electron chi connectivity index (χ0n) is 13.1. The number of H-pyrrole nitrogens is 1. The van der Waals surface area contributed by atoms with Crippen LogP contribution in [0.1, 0.15) is 11.1 Å². The van der Waals surface area contributed by atoms with Crippen LogP contribution in [0.3, 0.4) is 0 Å². The number of alkyl halides is 3. The molecule has 0 fully saturated rings. The van der Waals surface area contributed by atoms with E-state index in [9.17, 15) is 13.2 Å². The molecule has 0 aliphatic rings. The first-order valence-electron chi connectivity index (χ1n) is 7.56. The Bertz CT molecular complexity index is 1150. The number of nitrogens with zero attached hydrogens (tertiary/aromatic N) is 4. The molecule has 0 unspecified atom stereocenters. The summed E-state index contributed by atoms with van der Waals surface area (Å²) >= 11 is 0. The SMILES string of the molecule is N#Cc1ccc(-n2cc(-c3ccnc4[nH]ccc34)cn2)cc1C(F)(F)F. The number of hydrogen-bond acceptors (Lipinski definition) is 3. The molecule has 0 spiro atoms. The van der Waals surface area contributed by atoms with E-state index >= 15 is 0 Å². The van der Waals surface area contributed by atoms with Gasteiger partial charge in [0, 0.05) is 29.5 Å². The van der Waals surface area contributed by atoms with Crippen molar-refractivity contribution in [3.05, 3.63) is 66.2 Å². The summed E-state index contributed by atoms with van der Waals surface area (Å²) < 4.78 is 40.8. The number of benzene rings is 1. The van der Waals surface area contributed by atoms with E-state index in [-0.39, 0.29) is 5.69 Å². The first-order chi connectivity index (χ1) is 12.5. The molecular weight excluding hydrogens is 343 g/mol.